The van der Waals surface area contributed by atoms with Crippen LogP contribution in [0.4, 0.5) is 5.69 Å². The van der Waals surface area contributed by atoms with Crippen molar-refractivity contribution in [3.05, 3.63) is 29.8 Å². The highest BCUT2D eigenvalue weighted by molar-refractivity contribution is 5.93. The number of anilines is 1. The van der Waals surface area contributed by atoms with E-state index >= 15 is 0 Å². The summed E-state index contributed by atoms with van der Waals surface area (Å²) in [5.41, 5.74) is 6.65. The highest BCUT2D eigenvalue weighted by Gasteiger charge is 2.01. The Morgan fingerprint density at radius 3 is 2.58 bits per heavy atom. The van der Waals surface area contributed by atoms with E-state index in [0.29, 0.717) is 5.56 Å². The van der Waals surface area contributed by atoms with Crippen LogP contribution >= 0.6 is 0 Å². The molecule has 0 aliphatic carbocycles. The molecule has 0 saturated carbocycles. The van der Waals surface area contributed by atoms with Gasteiger partial charge in [-0.2, -0.15) is 0 Å². The lowest BCUT2D eigenvalue weighted by Gasteiger charge is -2.12. The summed E-state index contributed by atoms with van der Waals surface area (Å²) in [5, 5.41) is 0. The van der Waals surface area contributed by atoms with Crippen molar-refractivity contribution in [2.24, 2.45) is 5.73 Å². The Morgan fingerprint density at radius 1 is 1.42 bits per heavy atom. The summed E-state index contributed by atoms with van der Waals surface area (Å²) in [5.74, 6) is -0.390. The van der Waals surface area contributed by atoms with Crippen LogP contribution in [0, 0.1) is 0 Å². The van der Waals surface area contributed by atoms with Crippen LogP contribution in [0.5, 0.6) is 0 Å². The van der Waals surface area contributed by atoms with E-state index in [2.05, 4.69) is 0 Å². The van der Waals surface area contributed by atoms with Crippen LogP contribution in [0.2, 0.25) is 0 Å². The van der Waals surface area contributed by atoms with Crippen molar-refractivity contribution in [1.29, 1.82) is 0 Å². The maximum atomic E-state index is 10.8. The molecular formula is C9H12N2O. The Hall–Kier alpha value is -1.51. The second-order valence-electron chi connectivity index (χ2n) is 2.81. The number of amides is 1. The second-order valence-corrected chi connectivity index (χ2v) is 2.81. The predicted octanol–water partition coefficient (Wildman–Crippen LogP) is 0.852. The van der Waals surface area contributed by atoms with E-state index in [1.807, 2.05) is 31.1 Å². The van der Waals surface area contributed by atoms with E-state index in [4.69, 9.17) is 5.73 Å². The summed E-state index contributed by atoms with van der Waals surface area (Å²) >= 11 is 0. The number of carbonyl (C=O) groups is 1. The molecular weight excluding hydrogens is 152 g/mol. The summed E-state index contributed by atoms with van der Waals surface area (Å²) in [4.78, 5) is 12.7. The van der Waals surface area contributed by atoms with E-state index < -0.39 is 5.91 Å². The Bertz CT molecular complexity index is 294. The first-order valence-corrected chi connectivity index (χ1v) is 3.68. The van der Waals surface area contributed by atoms with Gasteiger partial charge in [0, 0.05) is 25.3 Å². The van der Waals surface area contributed by atoms with Gasteiger partial charge in [0.25, 0.3) is 0 Å². The monoisotopic (exact) mass is 164 g/mol. The van der Waals surface area contributed by atoms with Crippen molar-refractivity contribution in [2.45, 2.75) is 0 Å². The average molecular weight is 164 g/mol. The van der Waals surface area contributed by atoms with Crippen LogP contribution in [0.25, 0.3) is 0 Å². The third kappa shape index (κ3) is 1.75. The SMILES string of the molecule is CN(C)c1cccc(C(N)=O)c1. The van der Waals surface area contributed by atoms with Crippen molar-refractivity contribution in [1.82, 2.24) is 0 Å². The van der Waals surface area contributed by atoms with E-state index in [1.54, 1.807) is 12.1 Å². The summed E-state index contributed by atoms with van der Waals surface area (Å²) in [6.07, 6.45) is 0. The zero-order valence-corrected chi connectivity index (χ0v) is 7.24. The lowest BCUT2D eigenvalue weighted by Crippen LogP contribution is -2.13. The Morgan fingerprint density at radius 2 is 2.08 bits per heavy atom. The topological polar surface area (TPSA) is 46.3 Å². The van der Waals surface area contributed by atoms with Gasteiger partial charge in [-0.25, -0.2) is 0 Å². The zero-order valence-electron chi connectivity index (χ0n) is 7.24. The summed E-state index contributed by atoms with van der Waals surface area (Å²) < 4.78 is 0. The summed E-state index contributed by atoms with van der Waals surface area (Å²) in [7, 11) is 3.83. The van der Waals surface area contributed by atoms with Crippen LogP contribution < -0.4 is 10.6 Å². The summed E-state index contributed by atoms with van der Waals surface area (Å²) in [6.45, 7) is 0. The van der Waals surface area contributed by atoms with E-state index in [-0.39, 0.29) is 0 Å². The van der Waals surface area contributed by atoms with Crippen LogP contribution in [-0.2, 0) is 0 Å². The van der Waals surface area contributed by atoms with Gasteiger partial charge in [0.1, 0.15) is 0 Å². The molecule has 0 saturated heterocycles. The van der Waals surface area contributed by atoms with E-state index in [1.165, 1.54) is 0 Å². The number of carbonyl (C=O) groups excluding carboxylic acids is 1. The molecule has 0 aliphatic rings. The molecule has 0 fully saturated rings. The fourth-order valence-electron chi connectivity index (χ4n) is 0.937. The van der Waals surface area contributed by atoms with Crippen molar-refractivity contribution < 1.29 is 4.79 Å². The van der Waals surface area contributed by atoms with Gasteiger partial charge in [0.15, 0.2) is 0 Å². The second kappa shape index (κ2) is 3.26. The molecule has 0 heterocycles. The predicted molar refractivity (Wildman–Crippen MR) is 49.3 cm³/mol. The molecule has 1 aromatic carbocycles. The first kappa shape index (κ1) is 8.59. The maximum Gasteiger partial charge on any atom is 0.248 e. The van der Waals surface area contributed by atoms with Gasteiger partial charge in [0.2, 0.25) is 5.91 Å². The molecule has 1 amide bonds. The first-order chi connectivity index (χ1) is 5.61. The molecule has 0 unspecified atom stereocenters. The lowest BCUT2D eigenvalue weighted by molar-refractivity contribution is 0.100. The van der Waals surface area contributed by atoms with Crippen LogP contribution in [0.15, 0.2) is 24.3 Å². The Kier molecular flexibility index (Phi) is 2.33. The number of nitrogens with two attached hydrogens (primary N) is 1. The van der Waals surface area contributed by atoms with Crippen molar-refractivity contribution in [3.63, 3.8) is 0 Å². The Balaban J connectivity index is 3.04. The smallest absolute Gasteiger partial charge is 0.248 e. The standard InChI is InChI=1S/C9H12N2O/c1-11(2)8-5-3-4-7(6-8)9(10)12/h3-6H,1-2H3,(H2,10,12). The van der Waals surface area contributed by atoms with Crippen molar-refractivity contribution in [2.75, 3.05) is 19.0 Å². The molecule has 0 atom stereocenters. The van der Waals surface area contributed by atoms with Gasteiger partial charge in [-0.05, 0) is 18.2 Å². The lowest BCUT2D eigenvalue weighted by atomic mass is 10.2. The summed E-state index contributed by atoms with van der Waals surface area (Å²) in [6, 6.07) is 7.21. The molecule has 3 heteroatoms. The number of primary amides is 1. The molecule has 0 radical (unpaired) electrons. The quantitative estimate of drug-likeness (QED) is 0.704. The normalized spacial score (nSPS) is 9.50. The number of nitrogens with zero attached hydrogens (tertiary/aromatic N) is 1. The minimum Gasteiger partial charge on any atom is -0.378 e. The number of benzene rings is 1. The third-order valence-corrected chi connectivity index (χ3v) is 1.65. The van der Waals surface area contributed by atoms with Crippen LogP contribution in [-0.4, -0.2) is 20.0 Å². The van der Waals surface area contributed by atoms with E-state index in [9.17, 15) is 4.79 Å². The minimum atomic E-state index is -0.390. The fourth-order valence-corrected chi connectivity index (χ4v) is 0.937. The molecule has 3 nitrogen and oxygen atoms in total. The molecule has 12 heavy (non-hydrogen) atoms. The van der Waals surface area contributed by atoms with Crippen molar-refractivity contribution >= 4 is 11.6 Å². The van der Waals surface area contributed by atoms with Gasteiger partial charge in [-0.3, -0.25) is 4.79 Å². The van der Waals surface area contributed by atoms with Gasteiger partial charge < -0.3 is 10.6 Å². The number of hydrogen-bond donors (Lipinski definition) is 1. The fraction of sp³-hybridized carbons (Fsp3) is 0.222. The van der Waals surface area contributed by atoms with Gasteiger partial charge in [-0.15, -0.1) is 0 Å². The molecule has 0 aliphatic heterocycles. The number of hydrogen-bond acceptors (Lipinski definition) is 2. The zero-order chi connectivity index (χ0) is 9.14. The highest BCUT2D eigenvalue weighted by atomic mass is 16.1. The van der Waals surface area contributed by atoms with Crippen LogP contribution in [0.3, 0.4) is 0 Å². The Labute approximate surface area is 71.8 Å². The number of rotatable bonds is 2. The molecule has 0 spiro atoms. The molecule has 64 valence electrons. The first-order valence-electron chi connectivity index (χ1n) is 3.68. The van der Waals surface area contributed by atoms with Gasteiger partial charge in [-0.1, -0.05) is 6.07 Å². The largest absolute Gasteiger partial charge is 0.378 e. The third-order valence-electron chi connectivity index (χ3n) is 1.65. The van der Waals surface area contributed by atoms with Gasteiger partial charge in [0.05, 0.1) is 0 Å². The minimum absolute atomic E-state index is 0.390. The molecule has 1 aromatic rings. The maximum absolute atomic E-state index is 10.8. The van der Waals surface area contributed by atoms with Crippen LogP contribution in [0.1, 0.15) is 10.4 Å². The van der Waals surface area contributed by atoms with Crippen molar-refractivity contribution in [3.8, 4) is 0 Å². The molecule has 1 rings (SSSR count). The molecule has 2 N–H and O–H groups in total. The van der Waals surface area contributed by atoms with E-state index in [0.717, 1.165) is 5.69 Å². The molecule has 0 aromatic heterocycles. The van der Waals surface area contributed by atoms with Gasteiger partial charge >= 0.3 is 0 Å². The highest BCUT2D eigenvalue weighted by Crippen LogP contribution is 2.12. The average Bonchev–Trinajstić information content (AvgIpc) is 2.04. The molecule has 0 bridgehead atoms.